The van der Waals surface area contributed by atoms with Gasteiger partial charge in [-0.25, -0.2) is 9.97 Å². The van der Waals surface area contributed by atoms with Crippen LogP contribution in [0.3, 0.4) is 0 Å². The molecule has 2 rings (SSSR count). The predicted octanol–water partition coefficient (Wildman–Crippen LogP) is 1.86. The van der Waals surface area contributed by atoms with Crippen LogP contribution in [0.25, 0.3) is 0 Å². The van der Waals surface area contributed by atoms with Crippen LogP contribution in [0.4, 0.5) is 5.69 Å². The second kappa shape index (κ2) is 6.36. The van der Waals surface area contributed by atoms with Gasteiger partial charge in [0, 0.05) is 16.9 Å². The van der Waals surface area contributed by atoms with Crippen LogP contribution in [0.15, 0.2) is 35.5 Å². The molecule has 2 aromatic rings. The molecule has 0 fully saturated rings. The molecule has 1 heterocycles. The lowest BCUT2D eigenvalue weighted by atomic mass is 10.2. The minimum absolute atomic E-state index is 0.274. The third-order valence-corrected chi connectivity index (χ3v) is 3.20. The molecule has 0 bridgehead atoms. The van der Waals surface area contributed by atoms with Crippen LogP contribution in [0.1, 0.15) is 26.5 Å². The Kier molecular flexibility index (Phi) is 4.54. The van der Waals surface area contributed by atoms with Crippen LogP contribution in [0.2, 0.25) is 0 Å². The average Bonchev–Trinajstić information content (AvgIpc) is 2.46. The quantitative estimate of drug-likeness (QED) is 0.663. The van der Waals surface area contributed by atoms with Crippen LogP contribution >= 0.6 is 11.8 Å². The smallest absolute Gasteiger partial charge is 0.274 e. The van der Waals surface area contributed by atoms with Gasteiger partial charge in [0.25, 0.3) is 5.91 Å². The zero-order chi connectivity index (χ0) is 15.4. The number of carbonyl (C=O) groups is 2. The molecule has 1 aromatic carbocycles. The first kappa shape index (κ1) is 15.0. The molecule has 108 valence electrons. The SMILES string of the molecule is CSc1nc(C)cc(C(=O)Nc2cccc(C(N)=O)c2)n1. The highest BCUT2D eigenvalue weighted by Gasteiger charge is 2.11. The van der Waals surface area contributed by atoms with Crippen molar-refractivity contribution in [2.75, 3.05) is 11.6 Å². The predicted molar refractivity (Wildman–Crippen MR) is 81.5 cm³/mol. The fourth-order valence-electron chi connectivity index (χ4n) is 1.69. The number of nitrogens with two attached hydrogens (primary N) is 1. The van der Waals surface area contributed by atoms with Crippen molar-refractivity contribution in [2.24, 2.45) is 5.73 Å². The molecule has 3 N–H and O–H groups in total. The second-order valence-corrected chi connectivity index (χ2v) is 5.05. The third-order valence-electron chi connectivity index (χ3n) is 2.65. The summed E-state index contributed by atoms with van der Waals surface area (Å²) in [6.07, 6.45) is 1.84. The maximum atomic E-state index is 12.2. The number of primary amides is 1. The molecule has 0 aliphatic rings. The number of carbonyl (C=O) groups excluding carboxylic acids is 2. The van der Waals surface area contributed by atoms with Gasteiger partial charge >= 0.3 is 0 Å². The molecule has 0 atom stereocenters. The van der Waals surface area contributed by atoms with Crippen molar-refractivity contribution in [2.45, 2.75) is 12.1 Å². The Balaban J connectivity index is 2.23. The molecule has 21 heavy (non-hydrogen) atoms. The number of anilines is 1. The van der Waals surface area contributed by atoms with Crippen LogP contribution in [-0.2, 0) is 0 Å². The summed E-state index contributed by atoms with van der Waals surface area (Å²) in [5.74, 6) is -0.911. The number of nitrogens with zero attached hydrogens (tertiary/aromatic N) is 2. The molecule has 0 saturated heterocycles. The van der Waals surface area contributed by atoms with E-state index in [1.807, 2.05) is 6.26 Å². The molecule has 2 amide bonds. The lowest BCUT2D eigenvalue weighted by molar-refractivity contribution is 0.0995. The number of hydrogen-bond donors (Lipinski definition) is 2. The maximum absolute atomic E-state index is 12.2. The van der Waals surface area contributed by atoms with Gasteiger partial charge in [-0.2, -0.15) is 0 Å². The van der Waals surface area contributed by atoms with Crippen molar-refractivity contribution in [1.29, 1.82) is 0 Å². The van der Waals surface area contributed by atoms with Crippen molar-refractivity contribution < 1.29 is 9.59 Å². The van der Waals surface area contributed by atoms with Gasteiger partial charge in [0.1, 0.15) is 5.69 Å². The van der Waals surface area contributed by atoms with E-state index in [1.54, 1.807) is 31.2 Å². The number of nitrogens with one attached hydrogen (secondary N) is 1. The van der Waals surface area contributed by atoms with Gasteiger partial charge in [-0.1, -0.05) is 17.8 Å². The van der Waals surface area contributed by atoms with Gasteiger partial charge in [0.05, 0.1) is 0 Å². The number of rotatable bonds is 4. The first-order valence-corrected chi connectivity index (χ1v) is 7.33. The van der Waals surface area contributed by atoms with Crippen molar-refractivity contribution >= 4 is 29.3 Å². The molecular formula is C14H14N4O2S. The van der Waals surface area contributed by atoms with Crippen molar-refractivity contribution in [3.63, 3.8) is 0 Å². The molecule has 7 heteroatoms. The van der Waals surface area contributed by atoms with Crippen molar-refractivity contribution in [3.8, 4) is 0 Å². The molecule has 0 saturated carbocycles. The number of aryl methyl sites for hydroxylation is 1. The third kappa shape index (κ3) is 3.79. The van der Waals surface area contributed by atoms with Gasteiger partial charge in [-0.3, -0.25) is 9.59 Å². The minimum Gasteiger partial charge on any atom is -0.366 e. The topological polar surface area (TPSA) is 98.0 Å². The Morgan fingerprint density at radius 3 is 2.67 bits per heavy atom. The van der Waals surface area contributed by atoms with Crippen LogP contribution in [0.5, 0.6) is 0 Å². The second-order valence-electron chi connectivity index (χ2n) is 4.28. The number of thioether (sulfide) groups is 1. The van der Waals surface area contributed by atoms with Gasteiger partial charge in [0.2, 0.25) is 5.91 Å². The van der Waals surface area contributed by atoms with Gasteiger partial charge in [-0.05, 0) is 37.4 Å². The normalized spacial score (nSPS) is 10.2. The molecule has 0 unspecified atom stereocenters. The van der Waals surface area contributed by atoms with E-state index in [0.29, 0.717) is 22.1 Å². The molecule has 6 nitrogen and oxygen atoms in total. The lowest BCUT2D eigenvalue weighted by Crippen LogP contribution is -2.16. The van der Waals surface area contributed by atoms with Crippen molar-refractivity contribution in [1.82, 2.24) is 9.97 Å². The molecule has 1 aromatic heterocycles. The summed E-state index contributed by atoms with van der Waals surface area (Å²) < 4.78 is 0. The van der Waals surface area contributed by atoms with E-state index in [2.05, 4.69) is 15.3 Å². The summed E-state index contributed by atoms with van der Waals surface area (Å²) in [6.45, 7) is 1.80. The van der Waals surface area contributed by atoms with Gasteiger partial charge < -0.3 is 11.1 Å². The van der Waals surface area contributed by atoms with E-state index in [-0.39, 0.29) is 11.6 Å². The van der Waals surface area contributed by atoms with Crippen LogP contribution in [-0.4, -0.2) is 28.0 Å². The summed E-state index contributed by atoms with van der Waals surface area (Å²) >= 11 is 1.36. The largest absolute Gasteiger partial charge is 0.366 e. The highest BCUT2D eigenvalue weighted by atomic mass is 32.2. The van der Waals surface area contributed by atoms with Crippen LogP contribution < -0.4 is 11.1 Å². The Labute approximate surface area is 126 Å². The fraction of sp³-hybridized carbons (Fsp3) is 0.143. The first-order valence-electron chi connectivity index (χ1n) is 6.10. The number of hydrogen-bond acceptors (Lipinski definition) is 5. The minimum atomic E-state index is -0.548. The molecule has 0 aliphatic carbocycles. The Bertz CT molecular complexity index is 703. The zero-order valence-electron chi connectivity index (χ0n) is 11.6. The molecule has 0 spiro atoms. The Hall–Kier alpha value is -2.41. The maximum Gasteiger partial charge on any atom is 0.274 e. The summed E-state index contributed by atoms with van der Waals surface area (Å²) in [6, 6.07) is 8.03. The number of aromatic nitrogens is 2. The number of amides is 2. The van der Waals surface area contributed by atoms with Gasteiger partial charge in [-0.15, -0.1) is 0 Å². The zero-order valence-corrected chi connectivity index (χ0v) is 12.4. The van der Waals surface area contributed by atoms with Crippen molar-refractivity contribution in [3.05, 3.63) is 47.3 Å². The number of benzene rings is 1. The van der Waals surface area contributed by atoms with E-state index < -0.39 is 5.91 Å². The summed E-state index contributed by atoms with van der Waals surface area (Å²) in [5.41, 5.74) is 7.01. The van der Waals surface area contributed by atoms with E-state index in [1.165, 1.54) is 17.8 Å². The highest BCUT2D eigenvalue weighted by Crippen LogP contribution is 2.14. The van der Waals surface area contributed by atoms with Gasteiger partial charge in [0.15, 0.2) is 5.16 Å². The standard InChI is InChI=1S/C14H14N4O2S/c1-8-6-11(18-14(16-8)21-2)13(20)17-10-5-3-4-9(7-10)12(15)19/h3-7H,1-2H3,(H2,15,19)(H,17,20). The Morgan fingerprint density at radius 2 is 2.00 bits per heavy atom. The summed E-state index contributed by atoms with van der Waals surface area (Å²) in [4.78, 5) is 31.7. The summed E-state index contributed by atoms with van der Waals surface area (Å²) in [7, 11) is 0. The monoisotopic (exact) mass is 302 g/mol. The molecule has 0 aliphatic heterocycles. The van der Waals surface area contributed by atoms with E-state index in [0.717, 1.165) is 0 Å². The summed E-state index contributed by atoms with van der Waals surface area (Å²) in [5, 5.41) is 3.22. The van der Waals surface area contributed by atoms with Crippen LogP contribution in [0, 0.1) is 6.92 Å². The fourth-order valence-corrected chi connectivity index (χ4v) is 2.12. The van der Waals surface area contributed by atoms with E-state index >= 15 is 0 Å². The highest BCUT2D eigenvalue weighted by molar-refractivity contribution is 7.98. The molecular weight excluding hydrogens is 288 g/mol. The first-order chi connectivity index (χ1) is 9.99. The average molecular weight is 302 g/mol. The Morgan fingerprint density at radius 1 is 1.24 bits per heavy atom. The molecule has 0 radical (unpaired) electrons. The van der Waals surface area contributed by atoms with E-state index in [9.17, 15) is 9.59 Å². The lowest BCUT2D eigenvalue weighted by Gasteiger charge is -2.07. The van der Waals surface area contributed by atoms with E-state index in [4.69, 9.17) is 5.73 Å².